The molecule has 3 nitrogen and oxygen atoms in total. The topological polar surface area (TPSA) is 43.8 Å². The van der Waals surface area contributed by atoms with E-state index >= 15 is 0 Å². The van der Waals surface area contributed by atoms with Crippen molar-refractivity contribution in [3.8, 4) is 11.1 Å². The zero-order chi connectivity index (χ0) is 10.8. The molecule has 86 valence electrons. The standard InChI is InChI=1S/C12H15N3.ClH/c1-9-5-3-4-6-10(9)11-8-14-15(2)12(11)7-13;/h3-6,8H,7,13H2,1-2H3;1H. The van der Waals surface area contributed by atoms with Gasteiger partial charge in [-0.2, -0.15) is 5.10 Å². The van der Waals surface area contributed by atoms with Gasteiger partial charge in [-0.1, -0.05) is 24.3 Å². The summed E-state index contributed by atoms with van der Waals surface area (Å²) in [6.45, 7) is 2.61. The Morgan fingerprint density at radius 2 is 1.94 bits per heavy atom. The molecule has 16 heavy (non-hydrogen) atoms. The van der Waals surface area contributed by atoms with Crippen LogP contribution in [0.1, 0.15) is 11.3 Å². The summed E-state index contributed by atoms with van der Waals surface area (Å²) in [7, 11) is 1.92. The average Bonchev–Trinajstić information content (AvgIpc) is 2.60. The molecule has 0 unspecified atom stereocenters. The molecule has 0 aliphatic rings. The monoisotopic (exact) mass is 237 g/mol. The Hall–Kier alpha value is -1.32. The zero-order valence-electron chi connectivity index (χ0n) is 9.47. The third-order valence-electron chi connectivity index (χ3n) is 2.69. The molecule has 0 spiro atoms. The van der Waals surface area contributed by atoms with Crippen LogP contribution in [-0.2, 0) is 13.6 Å². The summed E-state index contributed by atoms with van der Waals surface area (Å²) in [5.74, 6) is 0. The molecule has 0 saturated carbocycles. The summed E-state index contributed by atoms with van der Waals surface area (Å²) in [4.78, 5) is 0. The largest absolute Gasteiger partial charge is 0.325 e. The summed E-state index contributed by atoms with van der Waals surface area (Å²) in [5.41, 5.74) is 10.4. The van der Waals surface area contributed by atoms with E-state index in [0.29, 0.717) is 6.54 Å². The van der Waals surface area contributed by atoms with Crippen LogP contribution in [0.15, 0.2) is 30.5 Å². The molecular weight excluding hydrogens is 222 g/mol. The highest BCUT2D eigenvalue weighted by Gasteiger charge is 2.10. The number of hydrogen-bond donors (Lipinski definition) is 1. The van der Waals surface area contributed by atoms with Crippen LogP contribution < -0.4 is 5.73 Å². The predicted molar refractivity (Wildman–Crippen MR) is 68.5 cm³/mol. The molecule has 0 radical (unpaired) electrons. The summed E-state index contributed by atoms with van der Waals surface area (Å²) in [6, 6.07) is 8.28. The SMILES string of the molecule is Cc1ccccc1-c1cnn(C)c1CN.Cl. The van der Waals surface area contributed by atoms with Gasteiger partial charge < -0.3 is 5.73 Å². The van der Waals surface area contributed by atoms with Crippen molar-refractivity contribution in [2.45, 2.75) is 13.5 Å². The van der Waals surface area contributed by atoms with Crippen LogP contribution >= 0.6 is 12.4 Å². The average molecular weight is 238 g/mol. The number of halogens is 1. The van der Waals surface area contributed by atoms with Crippen LogP contribution in [0.4, 0.5) is 0 Å². The van der Waals surface area contributed by atoms with E-state index in [2.05, 4.69) is 24.2 Å². The van der Waals surface area contributed by atoms with Crippen molar-refractivity contribution in [3.63, 3.8) is 0 Å². The van der Waals surface area contributed by atoms with Gasteiger partial charge in [0.1, 0.15) is 0 Å². The van der Waals surface area contributed by atoms with Gasteiger partial charge in [0.15, 0.2) is 0 Å². The first-order chi connectivity index (χ1) is 7.24. The fourth-order valence-corrected chi connectivity index (χ4v) is 1.81. The Bertz CT molecular complexity index is 477. The lowest BCUT2D eigenvalue weighted by Crippen LogP contribution is -2.05. The van der Waals surface area contributed by atoms with E-state index in [-0.39, 0.29) is 12.4 Å². The van der Waals surface area contributed by atoms with Gasteiger partial charge in [-0.15, -0.1) is 12.4 Å². The molecule has 2 aromatic rings. The molecule has 2 N–H and O–H groups in total. The van der Waals surface area contributed by atoms with Gasteiger partial charge >= 0.3 is 0 Å². The van der Waals surface area contributed by atoms with E-state index in [0.717, 1.165) is 11.3 Å². The van der Waals surface area contributed by atoms with Crippen LogP contribution in [0.5, 0.6) is 0 Å². The van der Waals surface area contributed by atoms with Crippen molar-refractivity contribution in [1.29, 1.82) is 0 Å². The highest BCUT2D eigenvalue weighted by atomic mass is 35.5. The van der Waals surface area contributed by atoms with E-state index in [1.165, 1.54) is 11.1 Å². The Morgan fingerprint density at radius 3 is 2.56 bits per heavy atom. The fourth-order valence-electron chi connectivity index (χ4n) is 1.81. The normalized spacial score (nSPS) is 9.94. The predicted octanol–water partition coefficient (Wildman–Crippen LogP) is 2.28. The number of nitrogens with zero attached hydrogens (tertiary/aromatic N) is 2. The molecule has 0 bridgehead atoms. The third kappa shape index (κ3) is 2.10. The van der Waals surface area contributed by atoms with Crippen LogP contribution in [0.3, 0.4) is 0 Å². The van der Waals surface area contributed by atoms with Crippen molar-refractivity contribution in [2.24, 2.45) is 12.8 Å². The number of nitrogens with two attached hydrogens (primary N) is 1. The molecule has 1 aromatic heterocycles. The summed E-state index contributed by atoms with van der Waals surface area (Å²) in [6.07, 6.45) is 1.88. The van der Waals surface area contributed by atoms with Crippen molar-refractivity contribution in [1.82, 2.24) is 9.78 Å². The minimum atomic E-state index is 0. The van der Waals surface area contributed by atoms with Gasteiger partial charge in [0.05, 0.1) is 11.9 Å². The van der Waals surface area contributed by atoms with E-state index in [1.54, 1.807) is 0 Å². The van der Waals surface area contributed by atoms with Gasteiger partial charge in [-0.05, 0) is 18.1 Å². The molecule has 0 aliphatic carbocycles. The summed E-state index contributed by atoms with van der Waals surface area (Å²) < 4.78 is 1.84. The minimum absolute atomic E-state index is 0. The minimum Gasteiger partial charge on any atom is -0.325 e. The van der Waals surface area contributed by atoms with Gasteiger partial charge in [-0.3, -0.25) is 4.68 Å². The first kappa shape index (κ1) is 12.7. The molecule has 1 heterocycles. The molecule has 1 aromatic carbocycles. The lowest BCUT2D eigenvalue weighted by Gasteiger charge is -2.06. The summed E-state index contributed by atoms with van der Waals surface area (Å²) >= 11 is 0. The van der Waals surface area contributed by atoms with E-state index < -0.39 is 0 Å². The van der Waals surface area contributed by atoms with Gasteiger partial charge in [-0.25, -0.2) is 0 Å². The van der Waals surface area contributed by atoms with Gasteiger partial charge in [0.25, 0.3) is 0 Å². The lowest BCUT2D eigenvalue weighted by atomic mass is 10.0. The highest BCUT2D eigenvalue weighted by Crippen LogP contribution is 2.25. The number of aryl methyl sites for hydroxylation is 2. The van der Waals surface area contributed by atoms with Crippen LogP contribution in [0, 0.1) is 6.92 Å². The maximum atomic E-state index is 5.72. The molecule has 0 amide bonds. The number of benzene rings is 1. The second-order valence-corrected chi connectivity index (χ2v) is 3.65. The number of aromatic nitrogens is 2. The van der Waals surface area contributed by atoms with Crippen LogP contribution in [0.25, 0.3) is 11.1 Å². The third-order valence-corrected chi connectivity index (χ3v) is 2.69. The first-order valence-corrected chi connectivity index (χ1v) is 5.01. The van der Waals surface area contributed by atoms with E-state index in [9.17, 15) is 0 Å². The van der Waals surface area contributed by atoms with Gasteiger partial charge in [0, 0.05) is 19.2 Å². The van der Waals surface area contributed by atoms with E-state index in [1.807, 2.05) is 30.1 Å². The molecule has 4 heteroatoms. The summed E-state index contributed by atoms with van der Waals surface area (Å²) in [5, 5.41) is 4.24. The van der Waals surface area contributed by atoms with Crippen LogP contribution in [-0.4, -0.2) is 9.78 Å². The highest BCUT2D eigenvalue weighted by molar-refractivity contribution is 5.85. The fraction of sp³-hybridized carbons (Fsp3) is 0.250. The van der Waals surface area contributed by atoms with Gasteiger partial charge in [0.2, 0.25) is 0 Å². The number of rotatable bonds is 2. The van der Waals surface area contributed by atoms with E-state index in [4.69, 9.17) is 5.73 Å². The van der Waals surface area contributed by atoms with Crippen molar-refractivity contribution in [2.75, 3.05) is 0 Å². The molecule has 0 aliphatic heterocycles. The number of hydrogen-bond acceptors (Lipinski definition) is 2. The van der Waals surface area contributed by atoms with Crippen molar-refractivity contribution in [3.05, 3.63) is 41.7 Å². The maximum Gasteiger partial charge on any atom is 0.0595 e. The van der Waals surface area contributed by atoms with Crippen molar-refractivity contribution >= 4 is 12.4 Å². The smallest absolute Gasteiger partial charge is 0.0595 e. The lowest BCUT2D eigenvalue weighted by molar-refractivity contribution is 0.713. The molecular formula is C12H16ClN3. The quantitative estimate of drug-likeness (QED) is 0.871. The molecule has 0 fully saturated rings. The molecule has 2 rings (SSSR count). The van der Waals surface area contributed by atoms with Crippen LogP contribution in [0.2, 0.25) is 0 Å². The van der Waals surface area contributed by atoms with Crippen molar-refractivity contribution < 1.29 is 0 Å². The Morgan fingerprint density at radius 1 is 1.25 bits per heavy atom. The second kappa shape index (κ2) is 5.14. The molecule has 0 saturated heterocycles. The zero-order valence-corrected chi connectivity index (χ0v) is 10.3. The first-order valence-electron chi connectivity index (χ1n) is 5.01. The second-order valence-electron chi connectivity index (χ2n) is 3.65. The Labute approximate surface area is 102 Å². The molecule has 0 atom stereocenters. The Kier molecular flexibility index (Phi) is 4.10. The maximum absolute atomic E-state index is 5.72. The Balaban J connectivity index is 0.00000128.